The summed E-state index contributed by atoms with van der Waals surface area (Å²) >= 11 is 0. The van der Waals surface area contributed by atoms with Gasteiger partial charge < -0.3 is 15.4 Å². The monoisotopic (exact) mass is 340 g/mol. The summed E-state index contributed by atoms with van der Waals surface area (Å²) in [6.45, 7) is 2.11. The molecule has 0 bridgehead atoms. The van der Waals surface area contributed by atoms with Crippen molar-refractivity contribution in [1.29, 1.82) is 0 Å². The van der Waals surface area contributed by atoms with E-state index in [1.165, 1.54) is 5.56 Å². The largest absolute Gasteiger partial charge is 0.376 e. The second kappa shape index (κ2) is 9.13. The zero-order chi connectivity index (χ0) is 17.3. The number of nitrogens with zero attached hydrogens (tertiary/aromatic N) is 2. The van der Waals surface area contributed by atoms with Gasteiger partial charge in [-0.1, -0.05) is 30.3 Å². The number of hydrogen-bond donors (Lipinski definition) is 2. The van der Waals surface area contributed by atoms with Crippen LogP contribution in [0.3, 0.4) is 0 Å². The minimum atomic E-state index is -0.171. The summed E-state index contributed by atoms with van der Waals surface area (Å²) in [4.78, 5) is 20.7. The van der Waals surface area contributed by atoms with Crippen molar-refractivity contribution in [2.75, 3.05) is 25.0 Å². The molecule has 1 aromatic heterocycles. The Balaban J connectivity index is 1.42. The Hall–Kier alpha value is -2.47. The third-order valence-electron chi connectivity index (χ3n) is 4.17. The highest BCUT2D eigenvalue weighted by molar-refractivity contribution is 5.92. The Morgan fingerprint density at radius 1 is 1.24 bits per heavy atom. The quantitative estimate of drug-likeness (QED) is 0.722. The normalized spacial score (nSPS) is 16.6. The number of hydrogen-bond acceptors (Lipinski definition) is 5. The van der Waals surface area contributed by atoms with E-state index in [0.29, 0.717) is 24.7 Å². The number of carbonyl (C=O) groups is 1. The second-order valence-electron chi connectivity index (χ2n) is 6.13. The summed E-state index contributed by atoms with van der Waals surface area (Å²) in [6, 6.07) is 11.9. The van der Waals surface area contributed by atoms with E-state index in [2.05, 4.69) is 32.7 Å². The van der Waals surface area contributed by atoms with Crippen LogP contribution >= 0.6 is 0 Å². The number of anilines is 1. The fourth-order valence-electron chi connectivity index (χ4n) is 2.81. The van der Waals surface area contributed by atoms with E-state index in [9.17, 15) is 4.79 Å². The van der Waals surface area contributed by atoms with Gasteiger partial charge in [0, 0.05) is 25.9 Å². The third-order valence-corrected chi connectivity index (χ3v) is 4.17. The maximum Gasteiger partial charge on any atom is 0.270 e. The van der Waals surface area contributed by atoms with Gasteiger partial charge in [0.25, 0.3) is 5.91 Å². The van der Waals surface area contributed by atoms with Gasteiger partial charge in [-0.05, 0) is 37.3 Å². The van der Waals surface area contributed by atoms with Crippen molar-refractivity contribution >= 4 is 11.9 Å². The Morgan fingerprint density at radius 2 is 2.12 bits per heavy atom. The SMILES string of the molecule is O=C(NCCCc1ccccc1)c1ccnc(NCC2CCCO2)n1. The molecular weight excluding hydrogens is 316 g/mol. The van der Waals surface area contributed by atoms with E-state index < -0.39 is 0 Å². The lowest BCUT2D eigenvalue weighted by Gasteiger charge is -2.11. The standard InChI is InChI=1S/C19H24N4O2/c24-18(20-11-4-8-15-6-2-1-3-7-15)17-10-12-21-19(23-17)22-14-16-9-5-13-25-16/h1-3,6-7,10,12,16H,4-5,8-9,11,13-14H2,(H,20,24)(H,21,22,23). The summed E-state index contributed by atoms with van der Waals surface area (Å²) in [5, 5.41) is 6.06. The highest BCUT2D eigenvalue weighted by atomic mass is 16.5. The molecule has 1 atom stereocenters. The molecule has 25 heavy (non-hydrogen) atoms. The zero-order valence-corrected chi connectivity index (χ0v) is 14.3. The molecule has 1 aliphatic heterocycles. The number of benzene rings is 1. The summed E-state index contributed by atoms with van der Waals surface area (Å²) in [6.07, 6.45) is 5.79. The van der Waals surface area contributed by atoms with Crippen LogP contribution in [-0.2, 0) is 11.2 Å². The summed E-state index contributed by atoms with van der Waals surface area (Å²) in [7, 11) is 0. The molecule has 1 fully saturated rings. The predicted octanol–water partition coefficient (Wildman–Crippen LogP) is 2.43. The maximum absolute atomic E-state index is 12.2. The second-order valence-corrected chi connectivity index (χ2v) is 6.13. The minimum absolute atomic E-state index is 0.171. The molecule has 1 unspecified atom stereocenters. The molecule has 0 saturated carbocycles. The van der Waals surface area contributed by atoms with Crippen LogP contribution in [0.2, 0.25) is 0 Å². The lowest BCUT2D eigenvalue weighted by molar-refractivity contribution is 0.0948. The molecule has 2 heterocycles. The Bertz CT molecular complexity index is 672. The van der Waals surface area contributed by atoms with Gasteiger partial charge in [-0.2, -0.15) is 0 Å². The first-order chi connectivity index (χ1) is 12.3. The molecule has 0 aliphatic carbocycles. The first-order valence-corrected chi connectivity index (χ1v) is 8.82. The van der Waals surface area contributed by atoms with Crippen molar-refractivity contribution in [3.05, 3.63) is 53.9 Å². The number of nitrogens with one attached hydrogen (secondary N) is 2. The van der Waals surface area contributed by atoms with Crippen LogP contribution in [-0.4, -0.2) is 41.7 Å². The first-order valence-electron chi connectivity index (χ1n) is 8.82. The van der Waals surface area contributed by atoms with Crippen molar-refractivity contribution in [3.63, 3.8) is 0 Å². The van der Waals surface area contributed by atoms with Crippen LogP contribution in [0.4, 0.5) is 5.95 Å². The number of rotatable bonds is 8. The molecule has 1 aliphatic rings. The van der Waals surface area contributed by atoms with Crippen molar-refractivity contribution in [2.24, 2.45) is 0 Å². The molecule has 3 rings (SSSR count). The van der Waals surface area contributed by atoms with E-state index in [0.717, 1.165) is 32.3 Å². The fourth-order valence-corrected chi connectivity index (χ4v) is 2.81. The molecule has 0 radical (unpaired) electrons. The van der Waals surface area contributed by atoms with Crippen molar-refractivity contribution < 1.29 is 9.53 Å². The topological polar surface area (TPSA) is 76.1 Å². The average Bonchev–Trinajstić information content (AvgIpc) is 3.18. The van der Waals surface area contributed by atoms with Gasteiger partial charge in [0.1, 0.15) is 5.69 Å². The Kier molecular flexibility index (Phi) is 6.34. The van der Waals surface area contributed by atoms with Crippen LogP contribution < -0.4 is 10.6 Å². The Labute approximate surface area is 148 Å². The van der Waals surface area contributed by atoms with Crippen molar-refractivity contribution in [3.8, 4) is 0 Å². The number of amides is 1. The van der Waals surface area contributed by atoms with Gasteiger partial charge in [0.05, 0.1) is 6.10 Å². The van der Waals surface area contributed by atoms with Gasteiger partial charge >= 0.3 is 0 Å². The van der Waals surface area contributed by atoms with E-state index >= 15 is 0 Å². The molecule has 2 N–H and O–H groups in total. The number of aromatic nitrogens is 2. The van der Waals surface area contributed by atoms with Crippen LogP contribution in [0.15, 0.2) is 42.6 Å². The van der Waals surface area contributed by atoms with Crippen LogP contribution in [0.5, 0.6) is 0 Å². The number of carbonyl (C=O) groups excluding carboxylic acids is 1. The van der Waals surface area contributed by atoms with E-state index in [-0.39, 0.29) is 12.0 Å². The lowest BCUT2D eigenvalue weighted by Crippen LogP contribution is -2.26. The summed E-state index contributed by atoms with van der Waals surface area (Å²) < 4.78 is 5.56. The van der Waals surface area contributed by atoms with E-state index in [4.69, 9.17) is 4.74 Å². The van der Waals surface area contributed by atoms with Gasteiger partial charge in [-0.25, -0.2) is 9.97 Å². The number of ether oxygens (including phenoxy) is 1. The van der Waals surface area contributed by atoms with Gasteiger partial charge in [0.2, 0.25) is 5.95 Å². The van der Waals surface area contributed by atoms with Crippen LogP contribution in [0, 0.1) is 0 Å². The molecule has 1 aromatic carbocycles. The van der Waals surface area contributed by atoms with Gasteiger partial charge in [-0.3, -0.25) is 4.79 Å². The third kappa shape index (κ3) is 5.53. The molecule has 6 heteroatoms. The minimum Gasteiger partial charge on any atom is -0.376 e. The first kappa shape index (κ1) is 17.4. The molecule has 2 aromatic rings. The highest BCUT2D eigenvalue weighted by Crippen LogP contribution is 2.12. The van der Waals surface area contributed by atoms with Crippen LogP contribution in [0.25, 0.3) is 0 Å². The van der Waals surface area contributed by atoms with Crippen molar-refractivity contribution in [2.45, 2.75) is 31.8 Å². The van der Waals surface area contributed by atoms with E-state index in [1.807, 2.05) is 18.2 Å². The molecule has 1 amide bonds. The molecular formula is C19H24N4O2. The Morgan fingerprint density at radius 3 is 2.92 bits per heavy atom. The summed E-state index contributed by atoms with van der Waals surface area (Å²) in [5.41, 5.74) is 1.66. The molecule has 132 valence electrons. The van der Waals surface area contributed by atoms with Gasteiger partial charge in [0.15, 0.2) is 0 Å². The number of aryl methyl sites for hydroxylation is 1. The smallest absolute Gasteiger partial charge is 0.270 e. The molecule has 1 saturated heterocycles. The highest BCUT2D eigenvalue weighted by Gasteiger charge is 2.15. The van der Waals surface area contributed by atoms with Crippen molar-refractivity contribution in [1.82, 2.24) is 15.3 Å². The average molecular weight is 340 g/mol. The van der Waals surface area contributed by atoms with E-state index in [1.54, 1.807) is 12.3 Å². The maximum atomic E-state index is 12.2. The summed E-state index contributed by atoms with van der Waals surface area (Å²) in [5.74, 6) is 0.295. The molecule has 6 nitrogen and oxygen atoms in total. The predicted molar refractivity (Wildman–Crippen MR) is 96.6 cm³/mol. The fraction of sp³-hybridized carbons (Fsp3) is 0.421. The van der Waals surface area contributed by atoms with Crippen LogP contribution in [0.1, 0.15) is 35.3 Å². The zero-order valence-electron chi connectivity index (χ0n) is 14.3. The molecule has 0 spiro atoms. The lowest BCUT2D eigenvalue weighted by atomic mass is 10.1. The van der Waals surface area contributed by atoms with Gasteiger partial charge in [-0.15, -0.1) is 0 Å².